The lowest BCUT2D eigenvalue weighted by molar-refractivity contribution is 0.242. The van der Waals surface area contributed by atoms with Gasteiger partial charge in [-0.2, -0.15) is 0 Å². The number of benzene rings is 2. The molecule has 0 aliphatic rings. The van der Waals surface area contributed by atoms with Crippen LogP contribution in [0.25, 0.3) is 0 Å². The monoisotopic (exact) mass is 374 g/mol. The number of hydrogen-bond acceptors (Lipinski definition) is 3. The van der Waals surface area contributed by atoms with E-state index in [1.165, 1.54) is 11.1 Å². The van der Waals surface area contributed by atoms with Gasteiger partial charge in [-0.25, -0.2) is 0 Å². The molecule has 4 heteroatoms. The predicted molar refractivity (Wildman–Crippen MR) is 110 cm³/mol. The summed E-state index contributed by atoms with van der Waals surface area (Å²) in [4.78, 5) is 0. The second kappa shape index (κ2) is 7.88. The van der Waals surface area contributed by atoms with Crippen molar-refractivity contribution in [3.63, 3.8) is 0 Å². The summed E-state index contributed by atoms with van der Waals surface area (Å²) in [5.41, 5.74) is 2.25. The lowest BCUT2D eigenvalue weighted by Gasteiger charge is -2.27. The van der Waals surface area contributed by atoms with Gasteiger partial charge in [-0.3, -0.25) is 4.57 Å². The molecule has 2 aromatic carbocycles. The Morgan fingerprint density at radius 3 is 1.62 bits per heavy atom. The molecule has 0 aliphatic heterocycles. The highest BCUT2D eigenvalue weighted by Gasteiger charge is 2.25. The molecule has 3 nitrogen and oxygen atoms in total. The van der Waals surface area contributed by atoms with E-state index in [1.54, 1.807) is 6.66 Å². The van der Waals surface area contributed by atoms with E-state index in [1.807, 2.05) is 64.1 Å². The summed E-state index contributed by atoms with van der Waals surface area (Å²) in [6.07, 6.45) is 0.168. The highest BCUT2D eigenvalue weighted by Crippen LogP contribution is 2.48. The maximum atomic E-state index is 12.5. The third-order valence-corrected chi connectivity index (χ3v) is 7.20. The van der Waals surface area contributed by atoms with E-state index in [0.29, 0.717) is 5.75 Å². The van der Waals surface area contributed by atoms with Gasteiger partial charge >= 0.3 is 0 Å². The molecular formula is C22H31O3P. The van der Waals surface area contributed by atoms with E-state index in [-0.39, 0.29) is 17.2 Å². The van der Waals surface area contributed by atoms with Gasteiger partial charge in [0.2, 0.25) is 7.37 Å². The summed E-state index contributed by atoms with van der Waals surface area (Å²) in [5, 5.41) is 0. The highest BCUT2D eigenvalue weighted by molar-refractivity contribution is 7.59. The first kappa shape index (κ1) is 20.6. The van der Waals surface area contributed by atoms with Gasteiger partial charge < -0.3 is 9.26 Å². The number of hydrogen-bond donors (Lipinski definition) is 0. The Labute approximate surface area is 158 Å². The Morgan fingerprint density at radius 2 is 1.23 bits per heavy atom. The van der Waals surface area contributed by atoms with Crippen LogP contribution in [0.5, 0.6) is 11.5 Å². The zero-order chi connectivity index (χ0) is 19.5. The van der Waals surface area contributed by atoms with Crippen molar-refractivity contribution in [3.8, 4) is 11.5 Å². The number of rotatable bonds is 7. The molecule has 0 amide bonds. The van der Waals surface area contributed by atoms with Gasteiger partial charge in [0.05, 0.1) is 6.10 Å². The van der Waals surface area contributed by atoms with Crippen molar-refractivity contribution in [3.05, 3.63) is 59.7 Å². The Hall–Kier alpha value is -1.73. The number of ether oxygens (including phenoxy) is 1. The largest absolute Gasteiger partial charge is 0.491 e. The van der Waals surface area contributed by atoms with E-state index in [0.717, 1.165) is 5.75 Å². The molecule has 0 bridgehead atoms. The van der Waals surface area contributed by atoms with E-state index in [2.05, 4.69) is 26.0 Å². The fourth-order valence-corrected chi connectivity index (χ4v) is 3.39. The first-order valence-corrected chi connectivity index (χ1v) is 11.3. The fraction of sp³-hybridized carbons (Fsp3) is 0.455. The van der Waals surface area contributed by atoms with Crippen LogP contribution in [0, 0.1) is 0 Å². The molecule has 2 aromatic rings. The Morgan fingerprint density at radius 1 is 0.808 bits per heavy atom. The van der Waals surface area contributed by atoms with Crippen LogP contribution in [0.2, 0.25) is 0 Å². The van der Waals surface area contributed by atoms with E-state index in [4.69, 9.17) is 9.26 Å². The van der Waals surface area contributed by atoms with Crippen LogP contribution >= 0.6 is 7.37 Å². The minimum absolute atomic E-state index is 0.00481. The normalized spacial score (nSPS) is 14.3. The lowest BCUT2D eigenvalue weighted by Crippen LogP contribution is -2.18. The molecule has 0 radical (unpaired) electrons. The maximum absolute atomic E-state index is 12.5. The molecule has 0 N–H and O–H groups in total. The Kier molecular flexibility index (Phi) is 6.24. The van der Waals surface area contributed by atoms with Crippen molar-refractivity contribution in [1.29, 1.82) is 0 Å². The summed E-state index contributed by atoms with van der Waals surface area (Å²) in [7, 11) is -2.63. The average molecular weight is 374 g/mol. The third kappa shape index (κ3) is 4.92. The predicted octanol–water partition coefficient (Wildman–Crippen LogP) is 6.49. The topological polar surface area (TPSA) is 35.5 Å². The summed E-state index contributed by atoms with van der Waals surface area (Å²) in [6, 6.07) is 16.2. The van der Waals surface area contributed by atoms with Crippen LogP contribution < -0.4 is 9.26 Å². The van der Waals surface area contributed by atoms with Crippen molar-refractivity contribution in [2.75, 3.05) is 6.66 Å². The summed E-state index contributed by atoms with van der Waals surface area (Å²) < 4.78 is 23.9. The van der Waals surface area contributed by atoms with Crippen molar-refractivity contribution in [2.45, 2.75) is 58.7 Å². The van der Waals surface area contributed by atoms with Gasteiger partial charge in [0.25, 0.3) is 0 Å². The second-order valence-corrected chi connectivity index (χ2v) is 11.0. The lowest BCUT2D eigenvalue weighted by atomic mass is 9.78. The standard InChI is InChI=1S/C22H31O3P/c1-16(2)24-20-12-8-18(9-13-20)22(5,6)19-10-14-21(15-11-19)25-26(7,23)17(3)4/h8-17H,1-7H3. The minimum atomic E-state index is -2.63. The molecule has 0 fully saturated rings. The van der Waals surface area contributed by atoms with Crippen LogP contribution in [0.3, 0.4) is 0 Å². The Bertz CT molecular complexity index is 759. The summed E-state index contributed by atoms with van der Waals surface area (Å²) in [5.74, 6) is 1.54. The third-order valence-electron chi connectivity index (χ3n) is 4.75. The van der Waals surface area contributed by atoms with Gasteiger partial charge in [-0.05, 0) is 49.2 Å². The van der Waals surface area contributed by atoms with Crippen LogP contribution in [-0.4, -0.2) is 18.4 Å². The molecule has 0 aromatic heterocycles. The molecular weight excluding hydrogens is 343 g/mol. The van der Waals surface area contributed by atoms with Crippen molar-refractivity contribution >= 4 is 7.37 Å². The minimum Gasteiger partial charge on any atom is -0.491 e. The van der Waals surface area contributed by atoms with Gasteiger partial charge in [0.1, 0.15) is 11.5 Å². The quantitative estimate of drug-likeness (QED) is 0.519. The molecule has 0 saturated heterocycles. The van der Waals surface area contributed by atoms with Crippen LogP contribution in [0.1, 0.15) is 52.7 Å². The molecule has 1 atom stereocenters. The van der Waals surface area contributed by atoms with Crippen molar-refractivity contribution in [2.24, 2.45) is 0 Å². The zero-order valence-electron chi connectivity index (χ0n) is 16.9. The molecule has 0 spiro atoms. The van der Waals surface area contributed by atoms with Crippen LogP contribution in [-0.2, 0) is 9.98 Å². The molecule has 2 rings (SSSR count). The maximum Gasteiger partial charge on any atom is 0.247 e. The fourth-order valence-electron chi connectivity index (χ4n) is 2.64. The van der Waals surface area contributed by atoms with Gasteiger partial charge in [0, 0.05) is 17.7 Å². The molecule has 26 heavy (non-hydrogen) atoms. The first-order chi connectivity index (χ1) is 12.0. The first-order valence-electron chi connectivity index (χ1n) is 9.17. The molecule has 0 heterocycles. The molecule has 0 aliphatic carbocycles. The van der Waals surface area contributed by atoms with E-state index in [9.17, 15) is 4.57 Å². The average Bonchev–Trinajstić information content (AvgIpc) is 2.55. The van der Waals surface area contributed by atoms with Gasteiger partial charge in [0.15, 0.2) is 0 Å². The smallest absolute Gasteiger partial charge is 0.247 e. The second-order valence-electron chi connectivity index (χ2n) is 7.93. The van der Waals surface area contributed by atoms with Gasteiger partial charge in [-0.15, -0.1) is 0 Å². The van der Waals surface area contributed by atoms with E-state index < -0.39 is 7.37 Å². The molecule has 142 valence electrons. The van der Waals surface area contributed by atoms with E-state index >= 15 is 0 Å². The molecule has 0 saturated carbocycles. The summed E-state index contributed by atoms with van der Waals surface area (Å²) >= 11 is 0. The van der Waals surface area contributed by atoms with Gasteiger partial charge in [-0.1, -0.05) is 52.0 Å². The zero-order valence-corrected chi connectivity index (χ0v) is 17.8. The Balaban J connectivity index is 2.20. The SMILES string of the molecule is CC(C)Oc1ccc(C(C)(C)c2ccc(OP(C)(=O)C(C)C)cc2)cc1. The van der Waals surface area contributed by atoms with Crippen LogP contribution in [0.15, 0.2) is 48.5 Å². The highest BCUT2D eigenvalue weighted by atomic mass is 31.2. The van der Waals surface area contributed by atoms with Crippen LogP contribution in [0.4, 0.5) is 0 Å². The molecule has 1 unspecified atom stereocenters. The van der Waals surface area contributed by atoms with Crippen molar-refractivity contribution < 1.29 is 13.8 Å². The van der Waals surface area contributed by atoms with Crippen molar-refractivity contribution in [1.82, 2.24) is 0 Å². The summed E-state index contributed by atoms with van der Waals surface area (Å²) in [6.45, 7) is 14.0.